The number of hydrogen-bond acceptors (Lipinski definition) is 3. The second-order valence-electron chi connectivity index (χ2n) is 6.28. The van der Waals surface area contributed by atoms with Gasteiger partial charge in [0.1, 0.15) is 17.5 Å². The van der Waals surface area contributed by atoms with E-state index >= 15 is 0 Å². The first-order chi connectivity index (χ1) is 11.8. The quantitative estimate of drug-likeness (QED) is 0.842. The first kappa shape index (κ1) is 18.6. The molecular formula is C18H23FN4O2. The summed E-state index contributed by atoms with van der Waals surface area (Å²) in [5.74, 6) is -0.843. The van der Waals surface area contributed by atoms with E-state index in [1.807, 2.05) is 13.8 Å². The van der Waals surface area contributed by atoms with Crippen LogP contribution in [0.2, 0.25) is 0 Å². The summed E-state index contributed by atoms with van der Waals surface area (Å²) >= 11 is 0. The number of benzene rings is 1. The molecule has 0 saturated heterocycles. The Morgan fingerprint density at radius 1 is 1.28 bits per heavy atom. The third-order valence-electron chi connectivity index (χ3n) is 3.91. The summed E-state index contributed by atoms with van der Waals surface area (Å²) < 4.78 is 15.3. The molecule has 134 valence electrons. The number of carbonyl (C=O) groups excluding carboxylic acids is 2. The van der Waals surface area contributed by atoms with Gasteiger partial charge >= 0.3 is 0 Å². The Bertz CT molecular complexity index is 770. The van der Waals surface area contributed by atoms with Crippen molar-refractivity contribution in [1.82, 2.24) is 20.4 Å². The zero-order valence-electron chi connectivity index (χ0n) is 14.8. The highest BCUT2D eigenvalue weighted by molar-refractivity contribution is 5.98. The second-order valence-corrected chi connectivity index (χ2v) is 6.28. The number of carbonyl (C=O) groups is 2. The van der Waals surface area contributed by atoms with Crippen LogP contribution in [0.3, 0.4) is 0 Å². The van der Waals surface area contributed by atoms with Crippen LogP contribution in [0.15, 0.2) is 30.5 Å². The van der Waals surface area contributed by atoms with E-state index in [1.165, 1.54) is 24.0 Å². The maximum atomic E-state index is 14.0. The van der Waals surface area contributed by atoms with Crippen LogP contribution in [-0.4, -0.2) is 34.7 Å². The highest BCUT2D eigenvalue weighted by Crippen LogP contribution is 2.17. The summed E-state index contributed by atoms with van der Waals surface area (Å²) in [5, 5.41) is 9.41. The molecule has 1 atom stereocenters. The van der Waals surface area contributed by atoms with Gasteiger partial charge in [-0.2, -0.15) is 5.10 Å². The van der Waals surface area contributed by atoms with Gasteiger partial charge in [-0.1, -0.05) is 26.0 Å². The molecule has 0 bridgehead atoms. The van der Waals surface area contributed by atoms with Gasteiger partial charge in [-0.15, -0.1) is 0 Å². The Morgan fingerprint density at radius 3 is 2.56 bits per heavy atom. The first-order valence-corrected chi connectivity index (χ1v) is 8.17. The number of rotatable bonds is 6. The fourth-order valence-corrected chi connectivity index (χ4v) is 2.61. The number of nitrogens with zero attached hydrogens (tertiary/aromatic N) is 2. The Labute approximate surface area is 146 Å². The van der Waals surface area contributed by atoms with Crippen LogP contribution in [0, 0.1) is 18.7 Å². The maximum Gasteiger partial charge on any atom is 0.255 e. The van der Waals surface area contributed by atoms with Crippen LogP contribution < -0.4 is 10.6 Å². The molecule has 2 amide bonds. The highest BCUT2D eigenvalue weighted by Gasteiger charge is 2.24. The summed E-state index contributed by atoms with van der Waals surface area (Å²) in [6, 6.07) is 5.58. The molecule has 1 heterocycles. The molecule has 0 fully saturated rings. The SMILES string of the molecule is CNC(=O)C(CC(C)C)NC(=O)c1cnn(-c2ccccc2F)c1C. The summed E-state index contributed by atoms with van der Waals surface area (Å²) in [5.41, 5.74) is 1.08. The summed E-state index contributed by atoms with van der Waals surface area (Å²) in [4.78, 5) is 24.5. The minimum atomic E-state index is -0.631. The van der Waals surface area contributed by atoms with E-state index in [0.717, 1.165) is 0 Å². The van der Waals surface area contributed by atoms with Crippen molar-refractivity contribution in [2.45, 2.75) is 33.2 Å². The molecule has 6 nitrogen and oxygen atoms in total. The number of nitrogens with one attached hydrogen (secondary N) is 2. The molecule has 1 unspecified atom stereocenters. The second kappa shape index (κ2) is 7.92. The minimum Gasteiger partial charge on any atom is -0.357 e. The molecule has 1 aromatic carbocycles. The van der Waals surface area contributed by atoms with Crippen molar-refractivity contribution in [3.63, 3.8) is 0 Å². The molecular weight excluding hydrogens is 323 g/mol. The van der Waals surface area contributed by atoms with Crippen molar-refractivity contribution < 1.29 is 14.0 Å². The summed E-state index contributed by atoms with van der Waals surface area (Å²) in [6.45, 7) is 5.64. The van der Waals surface area contributed by atoms with Crippen LogP contribution in [0.5, 0.6) is 0 Å². The van der Waals surface area contributed by atoms with Crippen LogP contribution in [0.25, 0.3) is 5.69 Å². The number of likely N-dealkylation sites (N-methyl/N-ethyl adjacent to an activating group) is 1. The first-order valence-electron chi connectivity index (χ1n) is 8.17. The number of amides is 2. The molecule has 0 saturated carbocycles. The number of hydrogen-bond donors (Lipinski definition) is 2. The molecule has 25 heavy (non-hydrogen) atoms. The molecule has 0 aliphatic heterocycles. The minimum absolute atomic E-state index is 0.241. The van der Waals surface area contributed by atoms with Crippen molar-refractivity contribution in [2.24, 2.45) is 5.92 Å². The zero-order chi connectivity index (χ0) is 18.6. The standard InChI is InChI=1S/C18H23FN4O2/c1-11(2)9-15(18(25)20-4)22-17(24)13-10-21-23(12(13)3)16-8-6-5-7-14(16)19/h5-8,10-11,15H,9H2,1-4H3,(H,20,25)(H,22,24). The van der Waals surface area contributed by atoms with Gasteiger partial charge in [0.2, 0.25) is 5.91 Å². The van der Waals surface area contributed by atoms with Crippen LogP contribution >= 0.6 is 0 Å². The van der Waals surface area contributed by atoms with Crippen molar-refractivity contribution in [2.75, 3.05) is 7.05 Å². The van der Waals surface area contributed by atoms with Crippen LogP contribution in [0.1, 0.15) is 36.3 Å². The number of aromatic nitrogens is 2. The van der Waals surface area contributed by atoms with E-state index < -0.39 is 17.8 Å². The smallest absolute Gasteiger partial charge is 0.255 e. The third kappa shape index (κ3) is 4.23. The van der Waals surface area contributed by atoms with Crippen molar-refractivity contribution in [3.8, 4) is 5.69 Å². The average molecular weight is 346 g/mol. The Hall–Kier alpha value is -2.70. The predicted molar refractivity (Wildman–Crippen MR) is 93.0 cm³/mol. The number of halogens is 1. The van der Waals surface area contributed by atoms with E-state index in [0.29, 0.717) is 17.7 Å². The monoisotopic (exact) mass is 346 g/mol. The Balaban J connectivity index is 2.25. The fourth-order valence-electron chi connectivity index (χ4n) is 2.61. The predicted octanol–water partition coefficient (Wildman–Crippen LogP) is 2.21. The zero-order valence-corrected chi connectivity index (χ0v) is 14.8. The fraction of sp³-hybridized carbons (Fsp3) is 0.389. The van der Waals surface area contributed by atoms with Crippen molar-refractivity contribution >= 4 is 11.8 Å². The third-order valence-corrected chi connectivity index (χ3v) is 3.91. The molecule has 1 aromatic heterocycles. The van der Waals surface area contributed by atoms with Gasteiger partial charge in [-0.05, 0) is 31.4 Å². The molecule has 2 aromatic rings. The van der Waals surface area contributed by atoms with Crippen LogP contribution in [-0.2, 0) is 4.79 Å². The molecule has 0 aliphatic rings. The van der Waals surface area contributed by atoms with Crippen molar-refractivity contribution in [3.05, 3.63) is 47.5 Å². The molecule has 2 N–H and O–H groups in total. The van der Waals surface area contributed by atoms with E-state index in [-0.39, 0.29) is 17.5 Å². The average Bonchev–Trinajstić information content (AvgIpc) is 2.95. The molecule has 2 rings (SSSR count). The van der Waals surface area contributed by atoms with E-state index in [1.54, 1.807) is 25.1 Å². The Morgan fingerprint density at radius 2 is 1.96 bits per heavy atom. The maximum absolute atomic E-state index is 14.0. The summed E-state index contributed by atoms with van der Waals surface area (Å²) in [7, 11) is 1.53. The van der Waals surface area contributed by atoms with Gasteiger partial charge in [0, 0.05) is 7.05 Å². The molecule has 0 spiro atoms. The van der Waals surface area contributed by atoms with Gasteiger partial charge < -0.3 is 10.6 Å². The topological polar surface area (TPSA) is 76.0 Å². The number of para-hydroxylation sites is 1. The van der Waals surface area contributed by atoms with Gasteiger partial charge in [0.05, 0.1) is 17.5 Å². The van der Waals surface area contributed by atoms with Gasteiger partial charge in [-0.25, -0.2) is 9.07 Å². The largest absolute Gasteiger partial charge is 0.357 e. The lowest BCUT2D eigenvalue weighted by molar-refractivity contribution is -0.122. The lowest BCUT2D eigenvalue weighted by atomic mass is 10.0. The lowest BCUT2D eigenvalue weighted by Gasteiger charge is -2.19. The normalized spacial score (nSPS) is 12.1. The molecule has 0 aliphatic carbocycles. The lowest BCUT2D eigenvalue weighted by Crippen LogP contribution is -2.46. The molecule has 0 radical (unpaired) electrons. The summed E-state index contributed by atoms with van der Waals surface area (Å²) in [6.07, 6.45) is 1.90. The van der Waals surface area contributed by atoms with E-state index in [2.05, 4.69) is 15.7 Å². The van der Waals surface area contributed by atoms with Gasteiger partial charge in [0.25, 0.3) is 5.91 Å². The highest BCUT2D eigenvalue weighted by atomic mass is 19.1. The van der Waals surface area contributed by atoms with Gasteiger partial charge in [-0.3, -0.25) is 9.59 Å². The van der Waals surface area contributed by atoms with E-state index in [4.69, 9.17) is 0 Å². The molecule has 7 heteroatoms. The van der Waals surface area contributed by atoms with E-state index in [9.17, 15) is 14.0 Å². The van der Waals surface area contributed by atoms with Crippen LogP contribution in [0.4, 0.5) is 4.39 Å². The Kier molecular flexibility index (Phi) is 5.90. The van der Waals surface area contributed by atoms with Gasteiger partial charge in [0.15, 0.2) is 0 Å². The van der Waals surface area contributed by atoms with Crippen molar-refractivity contribution in [1.29, 1.82) is 0 Å².